The molecule has 0 unspecified atom stereocenters. The number of ether oxygens (including phenoxy) is 1. The molecule has 120 valence electrons. The van der Waals surface area contributed by atoms with Crippen molar-refractivity contribution in [2.45, 2.75) is 39.0 Å². The van der Waals surface area contributed by atoms with Gasteiger partial charge in [-0.3, -0.25) is 4.68 Å². The van der Waals surface area contributed by atoms with Gasteiger partial charge >= 0.3 is 0 Å². The highest BCUT2D eigenvalue weighted by atomic mass is 16.5. The van der Waals surface area contributed by atoms with Crippen LogP contribution in [0.2, 0.25) is 0 Å². The minimum absolute atomic E-state index is 0.143. The minimum atomic E-state index is 0.143. The molecule has 22 heavy (non-hydrogen) atoms. The maximum absolute atomic E-state index is 6.00. The zero-order valence-corrected chi connectivity index (χ0v) is 13.3. The molecule has 0 spiro atoms. The van der Waals surface area contributed by atoms with Gasteiger partial charge in [0.2, 0.25) is 0 Å². The zero-order chi connectivity index (χ0) is 15.4. The molecular weight excluding hydrogens is 280 g/mol. The summed E-state index contributed by atoms with van der Waals surface area (Å²) in [6, 6.07) is 0. The second-order valence-corrected chi connectivity index (χ2v) is 5.81. The van der Waals surface area contributed by atoms with E-state index in [4.69, 9.17) is 4.74 Å². The highest BCUT2D eigenvalue weighted by molar-refractivity contribution is 5.10. The van der Waals surface area contributed by atoms with E-state index in [0.29, 0.717) is 5.92 Å². The summed E-state index contributed by atoms with van der Waals surface area (Å²) in [6.07, 6.45) is 8.24. The average Bonchev–Trinajstić information content (AvgIpc) is 3.16. The molecule has 1 aliphatic rings. The van der Waals surface area contributed by atoms with Crippen LogP contribution >= 0.6 is 0 Å². The summed E-state index contributed by atoms with van der Waals surface area (Å²) >= 11 is 0. The Kier molecular flexibility index (Phi) is 4.84. The second kappa shape index (κ2) is 7.02. The summed E-state index contributed by atoms with van der Waals surface area (Å²) in [5.41, 5.74) is 2.30. The molecule has 7 heteroatoms. The monoisotopic (exact) mass is 304 g/mol. The van der Waals surface area contributed by atoms with Gasteiger partial charge < -0.3 is 10.1 Å². The molecule has 0 amide bonds. The van der Waals surface area contributed by atoms with Gasteiger partial charge in [-0.2, -0.15) is 5.10 Å². The molecule has 0 aliphatic carbocycles. The van der Waals surface area contributed by atoms with Crippen molar-refractivity contribution < 1.29 is 4.74 Å². The summed E-state index contributed by atoms with van der Waals surface area (Å²) < 4.78 is 9.76. The Hall–Kier alpha value is -1.73. The fourth-order valence-electron chi connectivity index (χ4n) is 3.08. The Bertz CT molecular complexity index is 592. The Labute approximate surface area is 130 Å². The zero-order valence-electron chi connectivity index (χ0n) is 13.3. The van der Waals surface area contributed by atoms with Crippen molar-refractivity contribution in [2.24, 2.45) is 13.0 Å². The molecule has 7 nitrogen and oxygen atoms in total. The van der Waals surface area contributed by atoms with Crippen molar-refractivity contribution in [3.8, 4) is 0 Å². The summed E-state index contributed by atoms with van der Waals surface area (Å²) in [5, 5.41) is 15.8. The quantitative estimate of drug-likeness (QED) is 0.871. The van der Waals surface area contributed by atoms with Crippen molar-refractivity contribution in [3.63, 3.8) is 0 Å². The maximum atomic E-state index is 6.00. The molecule has 1 saturated heterocycles. The lowest BCUT2D eigenvalue weighted by Crippen LogP contribution is -2.32. The molecule has 1 aliphatic heterocycles. The highest BCUT2D eigenvalue weighted by Gasteiger charge is 2.28. The highest BCUT2D eigenvalue weighted by Crippen LogP contribution is 2.32. The van der Waals surface area contributed by atoms with Crippen LogP contribution in [0.25, 0.3) is 0 Å². The molecule has 2 aromatic heterocycles. The summed E-state index contributed by atoms with van der Waals surface area (Å²) in [4.78, 5) is 0. The molecule has 2 atom stereocenters. The van der Waals surface area contributed by atoms with Crippen molar-refractivity contribution in [1.82, 2.24) is 30.1 Å². The van der Waals surface area contributed by atoms with Crippen molar-refractivity contribution in [1.29, 1.82) is 0 Å². The van der Waals surface area contributed by atoms with Crippen molar-refractivity contribution in [2.75, 3.05) is 13.2 Å². The van der Waals surface area contributed by atoms with E-state index in [2.05, 4.69) is 33.8 Å². The Morgan fingerprint density at radius 1 is 1.41 bits per heavy atom. The fraction of sp³-hybridized carbons (Fsp3) is 0.667. The number of hydrogen-bond donors (Lipinski definition) is 1. The Morgan fingerprint density at radius 3 is 3.09 bits per heavy atom. The number of aromatic nitrogens is 5. The smallest absolute Gasteiger partial charge is 0.0895 e. The number of nitrogens with one attached hydrogen (secondary N) is 1. The van der Waals surface area contributed by atoms with Crippen LogP contribution in [0, 0.1) is 5.92 Å². The topological polar surface area (TPSA) is 69.8 Å². The van der Waals surface area contributed by atoms with Crippen LogP contribution in [0.3, 0.4) is 0 Å². The molecule has 0 bridgehead atoms. The fourth-order valence-corrected chi connectivity index (χ4v) is 3.08. The molecular formula is C15H24N6O. The lowest BCUT2D eigenvalue weighted by molar-refractivity contribution is -0.0279. The van der Waals surface area contributed by atoms with Crippen LogP contribution in [0.4, 0.5) is 0 Å². The summed E-state index contributed by atoms with van der Waals surface area (Å²) in [6.45, 7) is 5.47. The first-order valence-electron chi connectivity index (χ1n) is 7.96. The van der Waals surface area contributed by atoms with E-state index in [9.17, 15) is 0 Å². The van der Waals surface area contributed by atoms with Crippen molar-refractivity contribution in [3.05, 3.63) is 29.8 Å². The van der Waals surface area contributed by atoms with Gasteiger partial charge in [-0.1, -0.05) is 5.21 Å². The number of nitrogens with zero attached hydrogens (tertiary/aromatic N) is 5. The predicted octanol–water partition coefficient (Wildman–Crippen LogP) is 1.29. The second-order valence-electron chi connectivity index (χ2n) is 5.81. The first kappa shape index (κ1) is 15.2. The van der Waals surface area contributed by atoms with E-state index in [1.165, 1.54) is 12.0 Å². The molecule has 0 saturated carbocycles. The molecule has 0 radical (unpaired) electrons. The van der Waals surface area contributed by atoms with Gasteiger partial charge in [-0.25, -0.2) is 4.68 Å². The van der Waals surface area contributed by atoms with E-state index in [1.54, 1.807) is 0 Å². The van der Waals surface area contributed by atoms with Gasteiger partial charge in [0.15, 0.2) is 0 Å². The third kappa shape index (κ3) is 3.36. The largest absolute Gasteiger partial charge is 0.373 e. The molecule has 0 aromatic carbocycles. The van der Waals surface area contributed by atoms with Crippen molar-refractivity contribution >= 4 is 0 Å². The van der Waals surface area contributed by atoms with E-state index in [1.807, 2.05) is 28.8 Å². The summed E-state index contributed by atoms with van der Waals surface area (Å²) in [5.74, 6) is 0.476. The molecule has 3 rings (SSSR count). The van der Waals surface area contributed by atoms with Crippen LogP contribution in [0.15, 0.2) is 18.6 Å². The standard InChI is InChI=1S/C15H24N6O/c1-3-21-14(10-17-19-21)9-16-7-12-5-4-6-22-15(12)13-8-18-20(2)11-13/h8,10-12,15-16H,3-7,9H2,1-2H3/t12-,15+/m0/s1. The van der Waals surface area contributed by atoms with E-state index >= 15 is 0 Å². The molecule has 3 heterocycles. The average molecular weight is 304 g/mol. The SMILES string of the molecule is CCn1nncc1CNC[C@@H]1CCCO[C@H]1c1cnn(C)c1. The molecule has 1 N–H and O–H groups in total. The van der Waals surface area contributed by atoms with Gasteiger partial charge in [0.25, 0.3) is 0 Å². The van der Waals surface area contributed by atoms with Gasteiger partial charge in [0.1, 0.15) is 0 Å². The van der Waals surface area contributed by atoms with Gasteiger partial charge in [0.05, 0.1) is 24.2 Å². The predicted molar refractivity (Wildman–Crippen MR) is 82.0 cm³/mol. The third-order valence-corrected chi connectivity index (χ3v) is 4.21. The molecule has 2 aromatic rings. The number of hydrogen-bond acceptors (Lipinski definition) is 5. The lowest BCUT2D eigenvalue weighted by atomic mass is 9.91. The third-order valence-electron chi connectivity index (χ3n) is 4.21. The van der Waals surface area contributed by atoms with Gasteiger partial charge in [-0.15, -0.1) is 5.10 Å². The normalized spacial score (nSPS) is 22.1. The number of aryl methyl sites for hydroxylation is 2. The first-order chi connectivity index (χ1) is 10.8. The first-order valence-corrected chi connectivity index (χ1v) is 7.96. The van der Waals surface area contributed by atoms with E-state index in [-0.39, 0.29) is 6.10 Å². The van der Waals surface area contributed by atoms with E-state index in [0.717, 1.165) is 38.4 Å². The summed E-state index contributed by atoms with van der Waals surface area (Å²) in [7, 11) is 1.94. The number of rotatable bonds is 6. The Morgan fingerprint density at radius 2 is 2.32 bits per heavy atom. The van der Waals surface area contributed by atoms with Crippen LogP contribution in [0.1, 0.15) is 37.1 Å². The van der Waals surface area contributed by atoms with Crippen LogP contribution in [-0.4, -0.2) is 37.9 Å². The van der Waals surface area contributed by atoms with E-state index < -0.39 is 0 Å². The minimum Gasteiger partial charge on any atom is -0.373 e. The molecule has 1 fully saturated rings. The lowest BCUT2D eigenvalue weighted by Gasteiger charge is -2.31. The van der Waals surface area contributed by atoms with Crippen LogP contribution < -0.4 is 5.32 Å². The van der Waals surface area contributed by atoms with Gasteiger partial charge in [-0.05, 0) is 19.8 Å². The Balaban J connectivity index is 1.58. The van der Waals surface area contributed by atoms with Gasteiger partial charge in [0, 0.05) is 51.0 Å². The maximum Gasteiger partial charge on any atom is 0.0895 e. The van der Waals surface area contributed by atoms with Crippen LogP contribution in [0.5, 0.6) is 0 Å². The van der Waals surface area contributed by atoms with Crippen LogP contribution in [-0.2, 0) is 24.9 Å².